The van der Waals surface area contributed by atoms with Gasteiger partial charge in [0, 0.05) is 17.1 Å². The zero-order valence-electron chi connectivity index (χ0n) is 12.0. The molecule has 19 heavy (non-hydrogen) atoms. The van der Waals surface area contributed by atoms with E-state index in [-0.39, 0.29) is 0 Å². The van der Waals surface area contributed by atoms with Gasteiger partial charge in [-0.25, -0.2) is 0 Å². The van der Waals surface area contributed by atoms with Gasteiger partial charge in [-0.1, -0.05) is 34.5 Å². The van der Waals surface area contributed by atoms with Gasteiger partial charge >= 0.3 is 0 Å². The molecule has 4 unspecified atom stereocenters. The largest absolute Gasteiger partial charge is 0.310 e. The molecule has 2 aliphatic carbocycles. The number of benzene rings is 1. The molecule has 4 atom stereocenters. The second-order valence-corrected chi connectivity index (χ2v) is 7.45. The van der Waals surface area contributed by atoms with E-state index in [4.69, 9.17) is 0 Å². The van der Waals surface area contributed by atoms with Gasteiger partial charge < -0.3 is 5.32 Å². The first kappa shape index (κ1) is 13.6. The number of aryl methyl sites for hydroxylation is 1. The maximum Gasteiger partial charge on any atom is 0.0208 e. The van der Waals surface area contributed by atoms with Crippen LogP contribution in [0.3, 0.4) is 0 Å². The summed E-state index contributed by atoms with van der Waals surface area (Å²) in [4.78, 5) is 0. The molecule has 2 bridgehead atoms. The maximum absolute atomic E-state index is 3.75. The molecule has 3 rings (SSSR count). The lowest BCUT2D eigenvalue weighted by Crippen LogP contribution is -2.35. The van der Waals surface area contributed by atoms with Crippen molar-refractivity contribution >= 4 is 15.9 Å². The fraction of sp³-hybridized carbons (Fsp3) is 0.647. The molecule has 0 spiro atoms. The van der Waals surface area contributed by atoms with Crippen molar-refractivity contribution in [1.82, 2.24) is 5.32 Å². The third kappa shape index (κ3) is 2.90. The molecule has 0 amide bonds. The lowest BCUT2D eigenvalue weighted by molar-refractivity contribution is 0.259. The Morgan fingerprint density at radius 2 is 2.16 bits per heavy atom. The SMILES string of the molecule is Cc1ccc(CNC(C)C2CC3CCC2C3)cc1Br. The Morgan fingerprint density at radius 3 is 2.79 bits per heavy atom. The average Bonchev–Trinajstić information content (AvgIpc) is 3.02. The molecular formula is C17H24BrN. The minimum Gasteiger partial charge on any atom is -0.310 e. The van der Waals surface area contributed by atoms with Gasteiger partial charge in [-0.15, -0.1) is 0 Å². The monoisotopic (exact) mass is 321 g/mol. The van der Waals surface area contributed by atoms with E-state index in [0.29, 0.717) is 6.04 Å². The minimum absolute atomic E-state index is 0.662. The van der Waals surface area contributed by atoms with Crippen LogP contribution in [0.1, 0.15) is 43.7 Å². The van der Waals surface area contributed by atoms with E-state index in [1.165, 1.54) is 41.3 Å². The Morgan fingerprint density at radius 1 is 1.32 bits per heavy atom. The lowest BCUT2D eigenvalue weighted by Gasteiger charge is -2.28. The van der Waals surface area contributed by atoms with Crippen molar-refractivity contribution in [3.05, 3.63) is 33.8 Å². The number of rotatable bonds is 4. The summed E-state index contributed by atoms with van der Waals surface area (Å²) in [6, 6.07) is 7.34. The standard InChI is InChI=1S/C17H24BrN/c1-11-3-4-14(9-17(11)18)10-19-12(2)16-8-13-5-6-15(16)7-13/h3-4,9,12-13,15-16,19H,5-8,10H2,1-2H3. The van der Waals surface area contributed by atoms with Gasteiger partial charge in [0.1, 0.15) is 0 Å². The van der Waals surface area contributed by atoms with Crippen LogP contribution < -0.4 is 5.32 Å². The molecule has 0 aromatic heterocycles. The highest BCUT2D eigenvalue weighted by Crippen LogP contribution is 2.49. The van der Waals surface area contributed by atoms with Gasteiger partial charge in [0.15, 0.2) is 0 Å². The van der Waals surface area contributed by atoms with Gasteiger partial charge in [-0.2, -0.15) is 0 Å². The quantitative estimate of drug-likeness (QED) is 0.849. The van der Waals surface area contributed by atoms with Crippen LogP contribution in [0, 0.1) is 24.7 Å². The highest BCUT2D eigenvalue weighted by molar-refractivity contribution is 9.10. The van der Waals surface area contributed by atoms with E-state index >= 15 is 0 Å². The van der Waals surface area contributed by atoms with Gasteiger partial charge in [0.2, 0.25) is 0 Å². The fourth-order valence-corrected chi connectivity index (χ4v) is 4.51. The third-order valence-electron chi connectivity index (χ3n) is 5.30. The Hall–Kier alpha value is -0.340. The van der Waals surface area contributed by atoms with Crippen LogP contribution in [0.15, 0.2) is 22.7 Å². The van der Waals surface area contributed by atoms with Crippen LogP contribution in [-0.2, 0) is 6.54 Å². The van der Waals surface area contributed by atoms with Crippen molar-refractivity contribution in [1.29, 1.82) is 0 Å². The molecule has 2 saturated carbocycles. The summed E-state index contributed by atoms with van der Waals surface area (Å²) in [5, 5.41) is 3.75. The number of hydrogen-bond acceptors (Lipinski definition) is 1. The molecule has 2 heteroatoms. The van der Waals surface area contributed by atoms with Crippen LogP contribution in [0.4, 0.5) is 0 Å². The molecule has 104 valence electrons. The van der Waals surface area contributed by atoms with E-state index in [1.807, 2.05) is 0 Å². The fourth-order valence-electron chi connectivity index (χ4n) is 4.08. The summed E-state index contributed by atoms with van der Waals surface area (Å²) in [5.41, 5.74) is 2.69. The Bertz CT molecular complexity index is 457. The summed E-state index contributed by atoms with van der Waals surface area (Å²) in [6.07, 6.45) is 5.96. The van der Waals surface area contributed by atoms with Gasteiger partial charge in [-0.05, 0) is 68.1 Å². The first-order valence-electron chi connectivity index (χ1n) is 7.62. The van der Waals surface area contributed by atoms with Crippen molar-refractivity contribution in [2.45, 2.75) is 52.1 Å². The average molecular weight is 322 g/mol. The van der Waals surface area contributed by atoms with Crippen LogP contribution in [0.2, 0.25) is 0 Å². The van der Waals surface area contributed by atoms with Crippen molar-refractivity contribution in [2.75, 3.05) is 0 Å². The first-order valence-corrected chi connectivity index (χ1v) is 8.41. The molecule has 1 N–H and O–H groups in total. The molecule has 2 fully saturated rings. The van der Waals surface area contributed by atoms with E-state index in [9.17, 15) is 0 Å². The molecule has 1 aromatic carbocycles. The summed E-state index contributed by atoms with van der Waals surface area (Å²) in [7, 11) is 0. The molecular weight excluding hydrogens is 298 g/mol. The van der Waals surface area contributed by atoms with Gasteiger partial charge in [-0.3, -0.25) is 0 Å². The predicted molar refractivity (Wildman–Crippen MR) is 84.1 cm³/mol. The minimum atomic E-state index is 0.662. The van der Waals surface area contributed by atoms with Crippen molar-refractivity contribution < 1.29 is 0 Å². The van der Waals surface area contributed by atoms with E-state index < -0.39 is 0 Å². The van der Waals surface area contributed by atoms with Crippen LogP contribution in [0.5, 0.6) is 0 Å². The second kappa shape index (κ2) is 5.57. The Labute approximate surface area is 125 Å². The van der Waals surface area contributed by atoms with Crippen molar-refractivity contribution in [3.63, 3.8) is 0 Å². The van der Waals surface area contributed by atoms with E-state index in [1.54, 1.807) is 0 Å². The smallest absolute Gasteiger partial charge is 0.0208 e. The van der Waals surface area contributed by atoms with Gasteiger partial charge in [0.25, 0.3) is 0 Å². The van der Waals surface area contributed by atoms with Gasteiger partial charge in [0.05, 0.1) is 0 Å². The zero-order chi connectivity index (χ0) is 13.4. The zero-order valence-corrected chi connectivity index (χ0v) is 13.5. The molecule has 2 aliphatic rings. The number of halogens is 1. The molecule has 1 nitrogen and oxygen atoms in total. The third-order valence-corrected chi connectivity index (χ3v) is 6.15. The summed E-state index contributed by atoms with van der Waals surface area (Å²) in [5.74, 6) is 2.98. The molecule has 1 aromatic rings. The van der Waals surface area contributed by atoms with Crippen molar-refractivity contribution in [3.8, 4) is 0 Å². The Kier molecular flexibility index (Phi) is 4.00. The van der Waals surface area contributed by atoms with E-state index in [2.05, 4.69) is 53.3 Å². The topological polar surface area (TPSA) is 12.0 Å². The number of fused-ring (bicyclic) bond motifs is 2. The molecule has 0 aliphatic heterocycles. The summed E-state index contributed by atoms with van der Waals surface area (Å²) in [6.45, 7) is 5.52. The predicted octanol–water partition coefficient (Wildman–Crippen LogP) is 4.67. The van der Waals surface area contributed by atoms with Crippen molar-refractivity contribution in [2.24, 2.45) is 17.8 Å². The first-order chi connectivity index (χ1) is 9.13. The number of nitrogens with one attached hydrogen (secondary N) is 1. The van der Waals surface area contributed by atoms with E-state index in [0.717, 1.165) is 24.3 Å². The normalized spacial score (nSPS) is 30.8. The lowest BCUT2D eigenvalue weighted by atomic mass is 9.84. The summed E-state index contributed by atoms with van der Waals surface area (Å²) >= 11 is 3.62. The Balaban J connectivity index is 1.55. The van der Waals surface area contributed by atoms with Crippen LogP contribution in [-0.4, -0.2) is 6.04 Å². The van der Waals surface area contributed by atoms with Crippen LogP contribution >= 0.6 is 15.9 Å². The molecule has 0 heterocycles. The highest BCUT2D eigenvalue weighted by atomic mass is 79.9. The maximum atomic E-state index is 3.75. The summed E-state index contributed by atoms with van der Waals surface area (Å²) < 4.78 is 1.22. The van der Waals surface area contributed by atoms with Crippen LogP contribution in [0.25, 0.3) is 0 Å². The molecule has 0 radical (unpaired) electrons. The highest BCUT2D eigenvalue weighted by Gasteiger charge is 2.41. The molecule has 0 saturated heterocycles. The second-order valence-electron chi connectivity index (χ2n) is 6.59. The number of hydrogen-bond donors (Lipinski definition) is 1.